The first-order chi connectivity index (χ1) is 12.0. The maximum Gasteiger partial charge on any atom is 0.245 e. The number of nitrogens with zero attached hydrogens (tertiary/aromatic N) is 3. The minimum absolute atomic E-state index is 0.0481. The molecule has 5 heteroatoms. The number of likely N-dealkylation sites (N-methyl/N-ethyl adjacent to an activating group) is 1. The van der Waals surface area contributed by atoms with E-state index in [2.05, 4.69) is 24.1 Å². The lowest BCUT2D eigenvalue weighted by Crippen LogP contribution is -2.57. The summed E-state index contributed by atoms with van der Waals surface area (Å²) in [5.41, 5.74) is 2.37. The van der Waals surface area contributed by atoms with Crippen LogP contribution in [0, 0.1) is 5.92 Å². The molecule has 2 heterocycles. The molecule has 1 fully saturated rings. The summed E-state index contributed by atoms with van der Waals surface area (Å²) in [6, 6.07) is 7.82. The smallest absolute Gasteiger partial charge is 0.245 e. The number of piperazine rings is 1. The molecule has 0 aliphatic carbocycles. The highest BCUT2D eigenvalue weighted by molar-refractivity contribution is 5.89. The van der Waals surface area contributed by atoms with Crippen LogP contribution in [0.5, 0.6) is 0 Å². The van der Waals surface area contributed by atoms with Crippen molar-refractivity contribution in [3.63, 3.8) is 0 Å². The van der Waals surface area contributed by atoms with Crippen molar-refractivity contribution in [2.24, 2.45) is 5.92 Å². The van der Waals surface area contributed by atoms with Crippen molar-refractivity contribution < 1.29 is 9.59 Å². The maximum atomic E-state index is 13.2. The lowest BCUT2D eigenvalue weighted by molar-refractivity contribution is -0.150. The summed E-state index contributed by atoms with van der Waals surface area (Å²) < 4.78 is 0. The SMILES string of the molecule is CCC(C)C(=O)N1Cc2ccccc2CC1C(=O)N1CCN(C)CC1. The standard InChI is InChI=1S/C20H29N3O2/c1-4-15(2)19(24)23-14-17-8-6-5-7-16(17)13-18(23)20(25)22-11-9-21(3)10-12-22/h5-8,15,18H,4,9-14H2,1-3H3. The lowest BCUT2D eigenvalue weighted by atomic mass is 9.91. The van der Waals surface area contributed by atoms with Crippen LogP contribution in [0.15, 0.2) is 24.3 Å². The molecule has 0 radical (unpaired) electrons. The Hall–Kier alpha value is -1.88. The zero-order valence-electron chi connectivity index (χ0n) is 15.6. The first-order valence-electron chi connectivity index (χ1n) is 9.35. The molecule has 2 aliphatic heterocycles. The first-order valence-corrected chi connectivity index (χ1v) is 9.35. The quantitative estimate of drug-likeness (QED) is 0.840. The maximum absolute atomic E-state index is 13.2. The number of carbonyl (C=O) groups excluding carboxylic acids is 2. The van der Waals surface area contributed by atoms with Crippen LogP contribution in [0.4, 0.5) is 0 Å². The molecule has 3 rings (SSSR count). The molecule has 25 heavy (non-hydrogen) atoms. The van der Waals surface area contributed by atoms with Gasteiger partial charge < -0.3 is 14.7 Å². The minimum atomic E-state index is -0.361. The molecule has 0 aromatic heterocycles. The third-order valence-corrected chi connectivity index (χ3v) is 5.67. The Kier molecular flexibility index (Phi) is 5.42. The molecule has 0 N–H and O–H groups in total. The molecule has 2 unspecified atom stereocenters. The molecule has 2 aliphatic rings. The zero-order valence-corrected chi connectivity index (χ0v) is 15.6. The van der Waals surface area contributed by atoms with Crippen molar-refractivity contribution in [3.05, 3.63) is 35.4 Å². The summed E-state index contributed by atoms with van der Waals surface area (Å²) in [4.78, 5) is 32.2. The van der Waals surface area contributed by atoms with Crippen molar-refractivity contribution in [2.75, 3.05) is 33.2 Å². The van der Waals surface area contributed by atoms with Gasteiger partial charge in [-0.3, -0.25) is 9.59 Å². The molecular weight excluding hydrogens is 314 g/mol. The average molecular weight is 343 g/mol. The van der Waals surface area contributed by atoms with Crippen molar-refractivity contribution in [1.82, 2.24) is 14.7 Å². The van der Waals surface area contributed by atoms with E-state index in [9.17, 15) is 9.59 Å². The van der Waals surface area contributed by atoms with Gasteiger partial charge in [-0.05, 0) is 24.6 Å². The molecule has 2 atom stereocenters. The fourth-order valence-electron chi connectivity index (χ4n) is 3.67. The van der Waals surface area contributed by atoms with Gasteiger partial charge in [0.2, 0.25) is 11.8 Å². The van der Waals surface area contributed by atoms with Gasteiger partial charge in [-0.1, -0.05) is 38.1 Å². The van der Waals surface area contributed by atoms with Crippen LogP contribution >= 0.6 is 0 Å². The molecule has 0 saturated carbocycles. The molecule has 0 bridgehead atoms. The highest BCUT2D eigenvalue weighted by Gasteiger charge is 2.38. The van der Waals surface area contributed by atoms with Gasteiger partial charge in [0.15, 0.2) is 0 Å². The van der Waals surface area contributed by atoms with E-state index in [0.29, 0.717) is 13.0 Å². The van der Waals surface area contributed by atoms with Gasteiger partial charge in [0.05, 0.1) is 0 Å². The second-order valence-electron chi connectivity index (χ2n) is 7.39. The predicted octanol–water partition coefficient (Wildman–Crippen LogP) is 1.76. The van der Waals surface area contributed by atoms with Gasteiger partial charge in [-0.2, -0.15) is 0 Å². The third-order valence-electron chi connectivity index (χ3n) is 5.67. The number of fused-ring (bicyclic) bond motifs is 1. The topological polar surface area (TPSA) is 43.9 Å². The number of hydrogen-bond acceptors (Lipinski definition) is 3. The van der Waals surface area contributed by atoms with E-state index >= 15 is 0 Å². The summed E-state index contributed by atoms with van der Waals surface area (Å²) in [6.45, 7) is 7.82. The summed E-state index contributed by atoms with van der Waals surface area (Å²) >= 11 is 0. The molecule has 2 amide bonds. The first kappa shape index (κ1) is 17.9. The summed E-state index contributed by atoms with van der Waals surface area (Å²) in [6.07, 6.45) is 1.43. The minimum Gasteiger partial charge on any atom is -0.338 e. The highest BCUT2D eigenvalue weighted by atomic mass is 16.2. The number of benzene rings is 1. The average Bonchev–Trinajstić information content (AvgIpc) is 2.65. The summed E-state index contributed by atoms with van der Waals surface area (Å²) in [5.74, 6) is 0.164. The van der Waals surface area contributed by atoms with Gasteiger partial charge in [-0.15, -0.1) is 0 Å². The van der Waals surface area contributed by atoms with Crippen LogP contribution < -0.4 is 0 Å². The molecular formula is C20H29N3O2. The van der Waals surface area contributed by atoms with Crippen molar-refractivity contribution in [3.8, 4) is 0 Å². The number of amides is 2. The normalized spacial score (nSPS) is 22.4. The van der Waals surface area contributed by atoms with Crippen molar-refractivity contribution in [2.45, 2.75) is 39.3 Å². The molecule has 5 nitrogen and oxygen atoms in total. The van der Waals surface area contributed by atoms with Crippen molar-refractivity contribution in [1.29, 1.82) is 0 Å². The second-order valence-corrected chi connectivity index (χ2v) is 7.39. The van der Waals surface area contributed by atoms with E-state index in [-0.39, 0.29) is 23.8 Å². The summed E-state index contributed by atoms with van der Waals surface area (Å²) in [5, 5.41) is 0. The largest absolute Gasteiger partial charge is 0.338 e. The van der Waals surface area contributed by atoms with Crippen LogP contribution in [0.3, 0.4) is 0 Å². The molecule has 0 spiro atoms. The number of hydrogen-bond donors (Lipinski definition) is 0. The van der Waals surface area contributed by atoms with E-state index in [4.69, 9.17) is 0 Å². The Morgan fingerprint density at radius 1 is 1.12 bits per heavy atom. The van der Waals surface area contributed by atoms with Crippen LogP contribution in [0.1, 0.15) is 31.4 Å². The van der Waals surface area contributed by atoms with Gasteiger partial charge in [0, 0.05) is 45.1 Å². The second kappa shape index (κ2) is 7.56. The van der Waals surface area contributed by atoms with Crippen LogP contribution in [-0.4, -0.2) is 65.8 Å². The zero-order chi connectivity index (χ0) is 18.0. The fraction of sp³-hybridized carbons (Fsp3) is 0.600. The van der Waals surface area contributed by atoms with E-state index in [1.54, 1.807) is 0 Å². The monoisotopic (exact) mass is 343 g/mol. The van der Waals surface area contributed by atoms with Crippen LogP contribution in [0.25, 0.3) is 0 Å². The Morgan fingerprint density at radius 3 is 2.40 bits per heavy atom. The number of rotatable bonds is 3. The van der Waals surface area contributed by atoms with E-state index in [0.717, 1.165) is 32.6 Å². The third kappa shape index (κ3) is 3.71. The highest BCUT2D eigenvalue weighted by Crippen LogP contribution is 2.26. The van der Waals surface area contributed by atoms with E-state index in [1.165, 1.54) is 11.1 Å². The van der Waals surface area contributed by atoms with E-state index in [1.807, 2.05) is 35.8 Å². The Balaban J connectivity index is 1.85. The predicted molar refractivity (Wildman–Crippen MR) is 98.0 cm³/mol. The number of carbonyl (C=O) groups is 2. The van der Waals surface area contributed by atoms with Gasteiger partial charge in [0.1, 0.15) is 6.04 Å². The van der Waals surface area contributed by atoms with Crippen LogP contribution in [0.2, 0.25) is 0 Å². The van der Waals surface area contributed by atoms with Gasteiger partial charge in [0.25, 0.3) is 0 Å². The lowest BCUT2D eigenvalue weighted by Gasteiger charge is -2.41. The molecule has 1 saturated heterocycles. The summed E-state index contributed by atoms with van der Waals surface area (Å²) in [7, 11) is 2.08. The van der Waals surface area contributed by atoms with Crippen molar-refractivity contribution >= 4 is 11.8 Å². The van der Waals surface area contributed by atoms with Gasteiger partial charge >= 0.3 is 0 Å². The fourth-order valence-corrected chi connectivity index (χ4v) is 3.67. The van der Waals surface area contributed by atoms with E-state index < -0.39 is 0 Å². The Morgan fingerprint density at radius 2 is 1.76 bits per heavy atom. The van der Waals surface area contributed by atoms with Gasteiger partial charge in [-0.25, -0.2) is 0 Å². The molecule has 1 aromatic rings. The Bertz CT molecular complexity index is 638. The Labute approximate surface area is 150 Å². The molecule has 136 valence electrons. The molecule has 1 aromatic carbocycles. The van der Waals surface area contributed by atoms with Crippen LogP contribution in [-0.2, 0) is 22.6 Å².